The number of unbranched alkanes of at least 4 members (excludes halogenated alkanes) is 1. The van der Waals surface area contributed by atoms with Gasteiger partial charge in [0.25, 0.3) is 0 Å². The zero-order chi connectivity index (χ0) is 22.8. The minimum Gasteiger partial charge on any atom is -0.447 e. The molecule has 1 aliphatic rings. The standard InChI is InChI=1S/C21H26N2O.C4H9NO2/c1-3-4-12-22-20-9-5-7-17(15-20)18-10-11-21-19(14-18)8-6-13-23(21)16(2)24;1-3(2)7-4(5)6/h5,7,9-11,14-15,22H,3-4,6,8,12-13H2,1-2H3;3H,1-2H3,(H2,5,6). The van der Waals surface area contributed by atoms with Crippen molar-refractivity contribution in [3.05, 3.63) is 48.0 Å². The van der Waals surface area contributed by atoms with Crippen molar-refractivity contribution >= 4 is 23.4 Å². The van der Waals surface area contributed by atoms with E-state index in [1.165, 1.54) is 35.2 Å². The molecule has 168 valence electrons. The summed E-state index contributed by atoms with van der Waals surface area (Å²) in [5.74, 6) is 0.130. The molecule has 6 nitrogen and oxygen atoms in total. The molecule has 1 aliphatic heterocycles. The molecule has 3 rings (SSSR count). The van der Waals surface area contributed by atoms with Crippen LogP contribution in [0.2, 0.25) is 0 Å². The number of amides is 2. The van der Waals surface area contributed by atoms with E-state index in [4.69, 9.17) is 0 Å². The number of benzene rings is 2. The predicted octanol–water partition coefficient (Wildman–Crippen LogP) is 5.35. The van der Waals surface area contributed by atoms with Crippen LogP contribution in [0.3, 0.4) is 0 Å². The first-order valence-corrected chi connectivity index (χ1v) is 11.0. The van der Waals surface area contributed by atoms with Crippen molar-refractivity contribution in [1.82, 2.24) is 0 Å². The van der Waals surface area contributed by atoms with Crippen LogP contribution in [-0.2, 0) is 16.0 Å². The molecule has 0 saturated carbocycles. The quantitative estimate of drug-likeness (QED) is 0.611. The van der Waals surface area contributed by atoms with Gasteiger partial charge in [-0.3, -0.25) is 4.79 Å². The zero-order valence-electron chi connectivity index (χ0n) is 19.1. The predicted molar refractivity (Wildman–Crippen MR) is 127 cm³/mol. The summed E-state index contributed by atoms with van der Waals surface area (Å²) in [5.41, 5.74) is 10.6. The lowest BCUT2D eigenvalue weighted by atomic mass is 9.96. The molecule has 0 aliphatic carbocycles. The SMILES string of the molecule is CC(C)OC(N)=O.CCCCNc1cccc(-c2ccc3c(c2)CCCN3C(C)=O)c1. The summed E-state index contributed by atoms with van der Waals surface area (Å²) in [4.78, 5) is 23.5. The van der Waals surface area contributed by atoms with E-state index in [9.17, 15) is 9.59 Å². The summed E-state index contributed by atoms with van der Waals surface area (Å²) < 4.78 is 4.39. The van der Waals surface area contributed by atoms with Gasteiger partial charge in [0.1, 0.15) is 0 Å². The number of fused-ring (bicyclic) bond motifs is 1. The van der Waals surface area contributed by atoms with Gasteiger partial charge in [0, 0.05) is 31.4 Å². The third-order valence-corrected chi connectivity index (χ3v) is 4.99. The molecule has 2 aromatic rings. The number of ether oxygens (including phenoxy) is 1. The minimum absolute atomic E-state index is 0.0995. The summed E-state index contributed by atoms with van der Waals surface area (Å²) in [5, 5.41) is 3.49. The Labute approximate surface area is 185 Å². The van der Waals surface area contributed by atoms with Crippen molar-refractivity contribution in [3.63, 3.8) is 0 Å². The van der Waals surface area contributed by atoms with Gasteiger partial charge in [-0.1, -0.05) is 31.5 Å². The zero-order valence-corrected chi connectivity index (χ0v) is 19.1. The monoisotopic (exact) mass is 425 g/mol. The van der Waals surface area contributed by atoms with Gasteiger partial charge in [0.05, 0.1) is 6.10 Å². The molecule has 0 spiro atoms. The van der Waals surface area contributed by atoms with Crippen LogP contribution in [-0.4, -0.2) is 31.2 Å². The Bertz CT molecular complexity index is 880. The maximum Gasteiger partial charge on any atom is 0.404 e. The van der Waals surface area contributed by atoms with Crippen LogP contribution >= 0.6 is 0 Å². The van der Waals surface area contributed by atoms with Crippen LogP contribution in [0.5, 0.6) is 0 Å². The van der Waals surface area contributed by atoms with Crippen molar-refractivity contribution < 1.29 is 14.3 Å². The summed E-state index contributed by atoms with van der Waals surface area (Å²) in [6, 6.07) is 15.1. The first-order chi connectivity index (χ1) is 14.8. The van der Waals surface area contributed by atoms with E-state index < -0.39 is 6.09 Å². The van der Waals surface area contributed by atoms with Gasteiger partial charge in [-0.05, 0) is 74.1 Å². The van der Waals surface area contributed by atoms with Gasteiger partial charge in [0.2, 0.25) is 5.91 Å². The smallest absolute Gasteiger partial charge is 0.404 e. The Morgan fingerprint density at radius 1 is 1.16 bits per heavy atom. The Morgan fingerprint density at radius 2 is 1.90 bits per heavy atom. The molecule has 3 N–H and O–H groups in total. The first kappa shape index (κ1) is 24.3. The third kappa shape index (κ3) is 7.63. The average molecular weight is 426 g/mol. The molecule has 0 fully saturated rings. The summed E-state index contributed by atoms with van der Waals surface area (Å²) in [6.45, 7) is 9.18. The second-order valence-electron chi connectivity index (χ2n) is 7.96. The molecule has 0 bridgehead atoms. The Kier molecular flexibility index (Phi) is 9.38. The normalized spacial score (nSPS) is 12.5. The van der Waals surface area contributed by atoms with E-state index >= 15 is 0 Å². The second kappa shape index (κ2) is 12.0. The van der Waals surface area contributed by atoms with Crippen LogP contribution in [0.1, 0.15) is 52.5 Å². The van der Waals surface area contributed by atoms with Crippen molar-refractivity contribution in [2.45, 2.75) is 59.5 Å². The van der Waals surface area contributed by atoms with Gasteiger partial charge in [-0.25, -0.2) is 4.79 Å². The van der Waals surface area contributed by atoms with Crippen molar-refractivity contribution in [2.24, 2.45) is 5.73 Å². The highest BCUT2D eigenvalue weighted by Gasteiger charge is 2.20. The van der Waals surface area contributed by atoms with Gasteiger partial charge in [0.15, 0.2) is 0 Å². The van der Waals surface area contributed by atoms with E-state index in [-0.39, 0.29) is 12.0 Å². The second-order valence-corrected chi connectivity index (χ2v) is 7.96. The number of primary amides is 1. The largest absolute Gasteiger partial charge is 0.447 e. The minimum atomic E-state index is -0.713. The Morgan fingerprint density at radius 3 is 2.52 bits per heavy atom. The highest BCUT2D eigenvalue weighted by molar-refractivity contribution is 5.93. The highest BCUT2D eigenvalue weighted by atomic mass is 16.6. The highest BCUT2D eigenvalue weighted by Crippen LogP contribution is 2.32. The van der Waals surface area contributed by atoms with Crippen LogP contribution < -0.4 is 16.0 Å². The topological polar surface area (TPSA) is 84.7 Å². The Balaban J connectivity index is 0.000000423. The number of rotatable bonds is 6. The van der Waals surface area contributed by atoms with E-state index in [0.717, 1.165) is 31.6 Å². The molecule has 0 aromatic heterocycles. The molecule has 0 atom stereocenters. The number of nitrogens with two attached hydrogens (primary N) is 1. The average Bonchev–Trinajstić information content (AvgIpc) is 2.72. The van der Waals surface area contributed by atoms with E-state index in [2.05, 4.69) is 65.2 Å². The first-order valence-electron chi connectivity index (χ1n) is 11.0. The number of nitrogens with one attached hydrogen (secondary N) is 1. The third-order valence-electron chi connectivity index (χ3n) is 4.99. The van der Waals surface area contributed by atoms with Gasteiger partial charge in [-0.15, -0.1) is 0 Å². The molecule has 0 saturated heterocycles. The fraction of sp³-hybridized carbons (Fsp3) is 0.440. The molecule has 2 amide bonds. The van der Waals surface area contributed by atoms with Crippen LogP contribution in [0.4, 0.5) is 16.2 Å². The van der Waals surface area contributed by atoms with Gasteiger partial charge >= 0.3 is 6.09 Å². The summed E-state index contributed by atoms with van der Waals surface area (Å²) in [7, 11) is 0. The van der Waals surface area contributed by atoms with Gasteiger partial charge in [-0.2, -0.15) is 0 Å². The van der Waals surface area contributed by atoms with Gasteiger partial charge < -0.3 is 20.7 Å². The molecule has 0 radical (unpaired) electrons. The maximum absolute atomic E-state index is 11.8. The number of carbonyl (C=O) groups excluding carboxylic acids is 2. The van der Waals surface area contributed by atoms with Crippen LogP contribution in [0, 0.1) is 0 Å². The fourth-order valence-electron chi connectivity index (χ4n) is 3.55. The van der Waals surface area contributed by atoms with E-state index in [1.807, 2.05) is 4.90 Å². The molecule has 6 heteroatoms. The summed E-state index contributed by atoms with van der Waals surface area (Å²) >= 11 is 0. The number of anilines is 2. The van der Waals surface area contributed by atoms with E-state index in [0.29, 0.717) is 0 Å². The van der Waals surface area contributed by atoms with Crippen molar-refractivity contribution in [3.8, 4) is 11.1 Å². The number of carbonyl (C=O) groups is 2. The molecular weight excluding hydrogens is 390 g/mol. The number of hydrogen-bond donors (Lipinski definition) is 2. The fourth-order valence-corrected chi connectivity index (χ4v) is 3.55. The van der Waals surface area contributed by atoms with Crippen LogP contribution in [0.15, 0.2) is 42.5 Å². The van der Waals surface area contributed by atoms with Crippen LogP contribution in [0.25, 0.3) is 11.1 Å². The maximum atomic E-state index is 11.8. The molecule has 1 heterocycles. The van der Waals surface area contributed by atoms with E-state index in [1.54, 1.807) is 20.8 Å². The molecular formula is C25H35N3O3. The molecule has 2 aromatic carbocycles. The lowest BCUT2D eigenvalue weighted by Crippen LogP contribution is -2.33. The number of nitrogens with zero attached hydrogens (tertiary/aromatic N) is 1. The van der Waals surface area contributed by atoms with Crippen molar-refractivity contribution in [1.29, 1.82) is 0 Å². The van der Waals surface area contributed by atoms with Crippen molar-refractivity contribution in [2.75, 3.05) is 23.3 Å². The number of aryl methyl sites for hydroxylation is 1. The summed E-state index contributed by atoms with van der Waals surface area (Å²) in [6.07, 6.45) is 3.65. The lowest BCUT2D eigenvalue weighted by Gasteiger charge is -2.29. The number of hydrogen-bond acceptors (Lipinski definition) is 4. The molecule has 0 unspecified atom stereocenters. The molecule has 31 heavy (non-hydrogen) atoms. The lowest BCUT2D eigenvalue weighted by molar-refractivity contribution is -0.116. The Hall–Kier alpha value is -3.02.